The molecule has 80 valence electrons. The molecule has 1 aromatic rings. The zero-order chi connectivity index (χ0) is 10.6. The monoisotopic (exact) mass is 197 g/mol. The first-order valence-electron chi connectivity index (χ1n) is 5.02. The van der Waals surface area contributed by atoms with E-state index in [2.05, 4.69) is 24.3 Å². The van der Waals surface area contributed by atoms with Crippen LogP contribution >= 0.6 is 0 Å². The first-order chi connectivity index (χ1) is 6.59. The molecule has 0 amide bonds. The molecule has 2 N–H and O–H groups in total. The highest BCUT2D eigenvalue weighted by molar-refractivity contribution is 4.98. The predicted octanol–water partition coefficient (Wildman–Crippen LogP) is 0.934. The molecule has 1 rings (SSSR count). The van der Waals surface area contributed by atoms with Gasteiger partial charge in [-0.3, -0.25) is 4.68 Å². The van der Waals surface area contributed by atoms with Crippen molar-refractivity contribution in [2.24, 2.45) is 0 Å². The molecular formula is C10H19N3O. The van der Waals surface area contributed by atoms with Crippen LogP contribution in [0.4, 0.5) is 0 Å². The first kappa shape index (κ1) is 11.2. The molecule has 0 spiro atoms. The Hall–Kier alpha value is -0.870. The second kappa shape index (κ2) is 5.12. The van der Waals surface area contributed by atoms with Crippen molar-refractivity contribution >= 4 is 0 Å². The molecule has 1 atom stereocenters. The van der Waals surface area contributed by atoms with Gasteiger partial charge < -0.3 is 10.4 Å². The number of aromatic nitrogens is 2. The minimum Gasteiger partial charge on any atom is -0.392 e. The van der Waals surface area contributed by atoms with E-state index in [9.17, 15) is 0 Å². The maximum Gasteiger partial charge on any atom is 0.0762 e. The van der Waals surface area contributed by atoms with Crippen LogP contribution in [-0.4, -0.2) is 27.5 Å². The average molecular weight is 197 g/mol. The fourth-order valence-electron chi connectivity index (χ4n) is 1.17. The van der Waals surface area contributed by atoms with Gasteiger partial charge in [-0.15, -0.1) is 0 Å². The van der Waals surface area contributed by atoms with E-state index < -0.39 is 0 Å². The summed E-state index contributed by atoms with van der Waals surface area (Å²) in [5.74, 6) is 0. The third kappa shape index (κ3) is 3.47. The summed E-state index contributed by atoms with van der Waals surface area (Å²) >= 11 is 0. The molecule has 0 aliphatic carbocycles. The van der Waals surface area contributed by atoms with Gasteiger partial charge in [-0.2, -0.15) is 5.10 Å². The van der Waals surface area contributed by atoms with Crippen LogP contribution in [0.5, 0.6) is 0 Å². The largest absolute Gasteiger partial charge is 0.392 e. The van der Waals surface area contributed by atoms with Crippen LogP contribution in [0.3, 0.4) is 0 Å². The van der Waals surface area contributed by atoms with Crippen LogP contribution in [-0.2, 0) is 6.54 Å². The van der Waals surface area contributed by atoms with Crippen LogP contribution in [0.1, 0.15) is 32.5 Å². The number of hydrogen-bond donors (Lipinski definition) is 2. The fraction of sp³-hybridized carbons (Fsp3) is 0.700. The van der Waals surface area contributed by atoms with Gasteiger partial charge in [0.15, 0.2) is 0 Å². The van der Waals surface area contributed by atoms with Crippen LogP contribution in [0.25, 0.3) is 0 Å². The summed E-state index contributed by atoms with van der Waals surface area (Å²) < 4.78 is 1.93. The number of nitrogens with zero attached hydrogens (tertiary/aromatic N) is 2. The van der Waals surface area contributed by atoms with Gasteiger partial charge >= 0.3 is 0 Å². The van der Waals surface area contributed by atoms with Crippen LogP contribution < -0.4 is 5.32 Å². The van der Waals surface area contributed by atoms with Crippen molar-refractivity contribution in [3.8, 4) is 0 Å². The van der Waals surface area contributed by atoms with Crippen molar-refractivity contribution < 1.29 is 5.11 Å². The SMILES string of the molecule is CC(O)CNCc1ccn(C(C)C)n1. The fourth-order valence-corrected chi connectivity index (χ4v) is 1.17. The van der Waals surface area contributed by atoms with E-state index in [0.717, 1.165) is 5.69 Å². The molecular weight excluding hydrogens is 178 g/mol. The minimum atomic E-state index is -0.304. The topological polar surface area (TPSA) is 50.1 Å². The minimum absolute atomic E-state index is 0.304. The third-order valence-corrected chi connectivity index (χ3v) is 1.94. The summed E-state index contributed by atoms with van der Waals surface area (Å²) in [6, 6.07) is 2.40. The van der Waals surface area contributed by atoms with Crippen molar-refractivity contribution in [2.75, 3.05) is 6.54 Å². The van der Waals surface area contributed by atoms with E-state index in [1.165, 1.54) is 0 Å². The molecule has 1 heterocycles. The van der Waals surface area contributed by atoms with E-state index in [-0.39, 0.29) is 6.10 Å². The van der Waals surface area contributed by atoms with Crippen molar-refractivity contribution in [1.82, 2.24) is 15.1 Å². The van der Waals surface area contributed by atoms with Gasteiger partial charge in [0.05, 0.1) is 11.8 Å². The predicted molar refractivity (Wildman–Crippen MR) is 56.0 cm³/mol. The number of aliphatic hydroxyl groups excluding tert-OH is 1. The molecule has 14 heavy (non-hydrogen) atoms. The highest BCUT2D eigenvalue weighted by Crippen LogP contribution is 2.03. The van der Waals surface area contributed by atoms with Crippen LogP contribution in [0.2, 0.25) is 0 Å². The second-order valence-corrected chi connectivity index (χ2v) is 3.86. The lowest BCUT2D eigenvalue weighted by atomic mass is 10.4. The normalized spacial score (nSPS) is 13.5. The van der Waals surface area contributed by atoms with Gasteiger partial charge in [0.2, 0.25) is 0 Å². The number of nitrogens with one attached hydrogen (secondary N) is 1. The number of rotatable bonds is 5. The van der Waals surface area contributed by atoms with E-state index in [0.29, 0.717) is 19.1 Å². The van der Waals surface area contributed by atoms with Crippen LogP contribution in [0, 0.1) is 0 Å². The molecule has 4 heteroatoms. The van der Waals surface area contributed by atoms with E-state index >= 15 is 0 Å². The van der Waals surface area contributed by atoms with Crippen molar-refractivity contribution in [1.29, 1.82) is 0 Å². The van der Waals surface area contributed by atoms with Crippen molar-refractivity contribution in [3.05, 3.63) is 18.0 Å². The molecule has 0 bridgehead atoms. The number of hydrogen-bond acceptors (Lipinski definition) is 3. The second-order valence-electron chi connectivity index (χ2n) is 3.86. The summed E-state index contributed by atoms with van der Waals surface area (Å²) in [7, 11) is 0. The van der Waals surface area contributed by atoms with E-state index in [4.69, 9.17) is 5.11 Å². The standard InChI is InChI=1S/C10H19N3O/c1-8(2)13-5-4-10(12-13)7-11-6-9(3)14/h4-5,8-9,11,14H,6-7H2,1-3H3. The molecule has 1 aromatic heterocycles. The Morgan fingerprint density at radius 2 is 2.21 bits per heavy atom. The zero-order valence-corrected chi connectivity index (χ0v) is 9.07. The van der Waals surface area contributed by atoms with Gasteiger partial charge in [-0.05, 0) is 26.8 Å². The molecule has 0 aromatic carbocycles. The lowest BCUT2D eigenvalue weighted by Crippen LogP contribution is -2.24. The van der Waals surface area contributed by atoms with Crippen LogP contribution in [0.15, 0.2) is 12.3 Å². The molecule has 0 saturated carbocycles. The lowest BCUT2D eigenvalue weighted by Gasteiger charge is -2.05. The summed E-state index contributed by atoms with van der Waals surface area (Å²) in [5.41, 5.74) is 1.01. The Bertz CT molecular complexity index is 268. The van der Waals surface area contributed by atoms with Crippen molar-refractivity contribution in [3.63, 3.8) is 0 Å². The molecule has 0 aliphatic heterocycles. The highest BCUT2D eigenvalue weighted by Gasteiger charge is 2.01. The van der Waals surface area contributed by atoms with Gasteiger partial charge in [0.25, 0.3) is 0 Å². The molecule has 0 aliphatic rings. The van der Waals surface area contributed by atoms with Gasteiger partial charge in [-0.1, -0.05) is 0 Å². The Balaban J connectivity index is 2.36. The Labute approximate surface area is 84.9 Å². The molecule has 0 fully saturated rings. The van der Waals surface area contributed by atoms with E-state index in [1.807, 2.05) is 16.9 Å². The lowest BCUT2D eigenvalue weighted by molar-refractivity contribution is 0.191. The Morgan fingerprint density at radius 1 is 1.50 bits per heavy atom. The smallest absolute Gasteiger partial charge is 0.0762 e. The summed E-state index contributed by atoms with van der Waals surface area (Å²) in [4.78, 5) is 0. The Morgan fingerprint density at radius 3 is 2.71 bits per heavy atom. The van der Waals surface area contributed by atoms with E-state index in [1.54, 1.807) is 6.92 Å². The quantitative estimate of drug-likeness (QED) is 0.738. The Kier molecular flexibility index (Phi) is 4.10. The third-order valence-electron chi connectivity index (χ3n) is 1.94. The molecule has 4 nitrogen and oxygen atoms in total. The first-order valence-corrected chi connectivity index (χ1v) is 5.02. The number of aliphatic hydroxyl groups is 1. The highest BCUT2D eigenvalue weighted by atomic mass is 16.3. The summed E-state index contributed by atoms with van der Waals surface area (Å²) in [6.07, 6.45) is 1.67. The summed E-state index contributed by atoms with van der Waals surface area (Å²) in [6.45, 7) is 7.28. The van der Waals surface area contributed by atoms with Crippen molar-refractivity contribution in [2.45, 2.75) is 39.5 Å². The molecule has 0 saturated heterocycles. The van der Waals surface area contributed by atoms with Gasteiger partial charge in [0, 0.05) is 25.3 Å². The molecule has 0 radical (unpaired) electrons. The zero-order valence-electron chi connectivity index (χ0n) is 9.07. The molecule has 1 unspecified atom stereocenters. The van der Waals surface area contributed by atoms with Gasteiger partial charge in [-0.25, -0.2) is 0 Å². The summed E-state index contributed by atoms with van der Waals surface area (Å²) in [5, 5.41) is 16.5. The maximum atomic E-state index is 9.04. The maximum absolute atomic E-state index is 9.04. The average Bonchev–Trinajstić information content (AvgIpc) is 2.52. The van der Waals surface area contributed by atoms with Gasteiger partial charge in [0.1, 0.15) is 0 Å².